The molecule has 0 spiro atoms. The molecule has 1 aliphatic rings. The van der Waals surface area contributed by atoms with E-state index >= 15 is 0 Å². The highest BCUT2D eigenvalue weighted by Crippen LogP contribution is 2.38. The summed E-state index contributed by atoms with van der Waals surface area (Å²) in [6.45, 7) is 4.73. The Morgan fingerprint density at radius 1 is 1.29 bits per heavy atom. The molecule has 1 aromatic rings. The number of nitrogens with zero attached hydrogens (tertiary/aromatic N) is 4. The fraction of sp³-hybridized carbons (Fsp3) is 0.667. The van der Waals surface area contributed by atoms with E-state index in [2.05, 4.69) is 10.2 Å². The highest BCUT2D eigenvalue weighted by atomic mass is 32.2. The molecule has 0 fully saturated rings. The third kappa shape index (κ3) is 2.66. The molecule has 0 saturated carbocycles. The number of aryl methyl sites for hydroxylation is 2. The van der Waals surface area contributed by atoms with E-state index in [1.807, 2.05) is 0 Å². The van der Waals surface area contributed by atoms with Crippen molar-refractivity contribution in [3.63, 3.8) is 0 Å². The van der Waals surface area contributed by atoms with Crippen LogP contribution in [0.5, 0.6) is 0 Å². The van der Waals surface area contributed by atoms with Gasteiger partial charge in [-0.1, -0.05) is 0 Å². The molecule has 0 aliphatic carbocycles. The van der Waals surface area contributed by atoms with Gasteiger partial charge in [-0.05, 0) is 20.8 Å². The van der Waals surface area contributed by atoms with Crippen LogP contribution in [0.25, 0.3) is 0 Å². The van der Waals surface area contributed by atoms with E-state index in [1.165, 1.54) is 18.5 Å². The number of hydrogen-bond donors (Lipinski definition) is 1. The van der Waals surface area contributed by atoms with Crippen molar-refractivity contribution in [3.8, 4) is 0 Å². The molecular formula is C12H16F4N4O3S. The Morgan fingerprint density at radius 2 is 1.88 bits per heavy atom. The number of halogens is 4. The average molecular weight is 372 g/mol. The summed E-state index contributed by atoms with van der Waals surface area (Å²) in [5, 5.41) is 17.0. The van der Waals surface area contributed by atoms with E-state index in [0.717, 1.165) is 0 Å². The van der Waals surface area contributed by atoms with Crippen LogP contribution in [0.3, 0.4) is 0 Å². The first-order valence-corrected chi connectivity index (χ1v) is 8.36. The Morgan fingerprint density at radius 3 is 2.29 bits per heavy atom. The van der Waals surface area contributed by atoms with E-state index in [-0.39, 0.29) is 15.8 Å². The minimum absolute atomic E-state index is 0.00772. The van der Waals surface area contributed by atoms with E-state index in [0.29, 0.717) is 6.54 Å². The van der Waals surface area contributed by atoms with Crippen LogP contribution in [-0.2, 0) is 16.6 Å². The molecule has 0 aromatic carbocycles. The Labute approximate surface area is 135 Å². The van der Waals surface area contributed by atoms with Gasteiger partial charge in [0, 0.05) is 13.0 Å². The molecule has 1 atom stereocenters. The van der Waals surface area contributed by atoms with E-state index in [1.54, 1.807) is 6.92 Å². The minimum atomic E-state index is -4.81. The van der Waals surface area contributed by atoms with Gasteiger partial charge in [0.25, 0.3) is 22.9 Å². The number of hydrogen-bond acceptors (Lipinski definition) is 5. The highest BCUT2D eigenvalue weighted by molar-refractivity contribution is 7.89. The smallest absolute Gasteiger partial charge is 0.288 e. The normalized spacial score (nSPS) is 21.9. The summed E-state index contributed by atoms with van der Waals surface area (Å²) < 4.78 is 78.5. The molecule has 0 radical (unpaired) electrons. The topological polar surface area (TPSA) is 87.8 Å². The zero-order valence-corrected chi connectivity index (χ0v) is 13.9. The molecule has 1 aliphatic heterocycles. The predicted molar refractivity (Wildman–Crippen MR) is 75.4 cm³/mol. The maximum atomic E-state index is 13.2. The van der Waals surface area contributed by atoms with Gasteiger partial charge in [0.15, 0.2) is 0 Å². The molecule has 24 heavy (non-hydrogen) atoms. The standard InChI is InChI=1S/C12H16F4N4O3S/c1-4-19-7(3)9(6(2)17-19)24(22,23)20-12(21,11(15)16)5-8(18-20)10(13)14/h10-11,21H,4-5H2,1-3H3. The van der Waals surface area contributed by atoms with Crippen molar-refractivity contribution in [2.45, 2.75) is 57.2 Å². The molecular weight excluding hydrogens is 356 g/mol. The molecule has 0 saturated heterocycles. The summed E-state index contributed by atoms with van der Waals surface area (Å²) in [6.07, 6.45) is -8.17. The Hall–Kier alpha value is -1.69. The highest BCUT2D eigenvalue weighted by Gasteiger charge is 2.56. The lowest BCUT2D eigenvalue weighted by atomic mass is 10.1. The fourth-order valence-electron chi connectivity index (χ4n) is 2.56. The lowest BCUT2D eigenvalue weighted by molar-refractivity contribution is -0.150. The summed E-state index contributed by atoms with van der Waals surface area (Å²) in [5.41, 5.74) is -4.36. The van der Waals surface area contributed by atoms with Crippen LogP contribution in [0.4, 0.5) is 17.6 Å². The van der Waals surface area contributed by atoms with E-state index < -0.39 is 45.6 Å². The second-order valence-corrected chi connectivity index (χ2v) is 7.02. The first-order chi connectivity index (χ1) is 11.0. The van der Waals surface area contributed by atoms with Gasteiger partial charge in [-0.25, -0.2) is 17.6 Å². The second kappa shape index (κ2) is 5.99. The van der Waals surface area contributed by atoms with Gasteiger partial charge in [0.1, 0.15) is 10.6 Å². The predicted octanol–water partition coefficient (Wildman–Crippen LogP) is 1.49. The van der Waals surface area contributed by atoms with Gasteiger partial charge in [-0.2, -0.15) is 18.6 Å². The van der Waals surface area contributed by atoms with E-state index in [4.69, 9.17) is 0 Å². The lowest BCUT2D eigenvalue weighted by Crippen LogP contribution is -2.51. The molecule has 2 heterocycles. The molecule has 12 heteroatoms. The van der Waals surface area contributed by atoms with Crippen molar-refractivity contribution in [2.24, 2.45) is 5.10 Å². The lowest BCUT2D eigenvalue weighted by Gasteiger charge is -2.30. The maximum absolute atomic E-state index is 13.2. The van der Waals surface area contributed by atoms with Gasteiger partial charge >= 0.3 is 0 Å². The van der Waals surface area contributed by atoms with Crippen molar-refractivity contribution in [1.82, 2.24) is 14.2 Å². The molecule has 2 rings (SSSR count). The fourth-order valence-corrected chi connectivity index (χ4v) is 4.40. The first kappa shape index (κ1) is 18.6. The van der Waals surface area contributed by atoms with Crippen molar-refractivity contribution in [2.75, 3.05) is 0 Å². The van der Waals surface area contributed by atoms with Crippen LogP contribution in [0.15, 0.2) is 10.00 Å². The SMILES string of the molecule is CCn1nc(C)c(S(=O)(=O)N2N=C(C(F)F)CC2(O)C(F)F)c1C. The molecule has 7 nitrogen and oxygen atoms in total. The monoisotopic (exact) mass is 372 g/mol. The average Bonchev–Trinajstić information content (AvgIpc) is 2.98. The molecule has 136 valence electrons. The number of aromatic nitrogens is 2. The summed E-state index contributed by atoms with van der Waals surface area (Å²) >= 11 is 0. The summed E-state index contributed by atoms with van der Waals surface area (Å²) in [4.78, 5) is -0.442. The molecule has 1 aromatic heterocycles. The number of hydrazone groups is 1. The Bertz CT molecular complexity index is 778. The van der Waals surface area contributed by atoms with Gasteiger partial charge < -0.3 is 5.11 Å². The van der Waals surface area contributed by atoms with Gasteiger partial charge in [-0.3, -0.25) is 4.68 Å². The molecule has 1 N–H and O–H groups in total. The number of rotatable bonds is 5. The van der Waals surface area contributed by atoms with Crippen LogP contribution in [-0.4, -0.2) is 52.0 Å². The zero-order chi connectivity index (χ0) is 18.4. The summed E-state index contributed by atoms with van der Waals surface area (Å²) in [6, 6.07) is 0. The number of alkyl halides is 4. The molecule has 0 amide bonds. The Kier molecular flexibility index (Phi) is 4.65. The zero-order valence-electron chi connectivity index (χ0n) is 13.0. The third-order valence-electron chi connectivity index (χ3n) is 3.69. The van der Waals surface area contributed by atoms with Gasteiger partial charge in [0.05, 0.1) is 11.4 Å². The number of aliphatic hydroxyl groups is 1. The van der Waals surface area contributed by atoms with Crippen LogP contribution in [0.1, 0.15) is 24.7 Å². The maximum Gasteiger partial charge on any atom is 0.288 e. The van der Waals surface area contributed by atoms with E-state index in [9.17, 15) is 31.1 Å². The van der Waals surface area contributed by atoms with Gasteiger partial charge in [-0.15, -0.1) is 4.41 Å². The second-order valence-electron chi connectivity index (χ2n) is 5.31. The van der Waals surface area contributed by atoms with Crippen LogP contribution < -0.4 is 0 Å². The van der Waals surface area contributed by atoms with Crippen molar-refractivity contribution < 1.29 is 31.1 Å². The molecule has 0 bridgehead atoms. The minimum Gasteiger partial charge on any atom is -0.364 e. The van der Waals surface area contributed by atoms with Crippen molar-refractivity contribution in [3.05, 3.63) is 11.4 Å². The quantitative estimate of drug-likeness (QED) is 0.794. The summed E-state index contributed by atoms with van der Waals surface area (Å²) in [5.74, 6) is 0. The largest absolute Gasteiger partial charge is 0.364 e. The summed E-state index contributed by atoms with van der Waals surface area (Å²) in [7, 11) is -4.81. The number of sulfonamides is 1. The third-order valence-corrected chi connectivity index (χ3v) is 5.65. The Balaban J connectivity index is 2.64. The van der Waals surface area contributed by atoms with Crippen molar-refractivity contribution >= 4 is 15.7 Å². The van der Waals surface area contributed by atoms with Crippen LogP contribution in [0, 0.1) is 13.8 Å². The van der Waals surface area contributed by atoms with Gasteiger partial charge in [0.2, 0.25) is 5.72 Å². The van der Waals surface area contributed by atoms with Crippen LogP contribution in [0.2, 0.25) is 0 Å². The van der Waals surface area contributed by atoms with Crippen molar-refractivity contribution in [1.29, 1.82) is 0 Å². The molecule has 1 unspecified atom stereocenters. The van der Waals surface area contributed by atoms with Crippen LogP contribution >= 0.6 is 0 Å². The first-order valence-electron chi connectivity index (χ1n) is 6.92.